The molecule has 0 bridgehead atoms. The molecule has 1 unspecified atom stereocenters. The Kier molecular flexibility index (Phi) is 6.72. The maximum atomic E-state index is 12.1. The van der Waals surface area contributed by atoms with Crippen LogP contribution in [0.25, 0.3) is 0 Å². The van der Waals surface area contributed by atoms with Crippen molar-refractivity contribution in [3.05, 3.63) is 22.9 Å². The van der Waals surface area contributed by atoms with Crippen LogP contribution in [-0.2, 0) is 14.8 Å². The number of sulfonamides is 1. The van der Waals surface area contributed by atoms with Gasteiger partial charge in [0.05, 0.1) is 6.61 Å². The van der Waals surface area contributed by atoms with Crippen molar-refractivity contribution in [2.45, 2.75) is 17.4 Å². The maximum absolute atomic E-state index is 12.1. The minimum absolute atomic E-state index is 0.132. The van der Waals surface area contributed by atoms with Gasteiger partial charge in [0.25, 0.3) is 0 Å². The lowest BCUT2D eigenvalue weighted by atomic mass is 10.3. The Morgan fingerprint density at radius 3 is 2.78 bits per heavy atom. The number of halogens is 2. The molecule has 1 rings (SSSR count). The summed E-state index contributed by atoms with van der Waals surface area (Å²) in [6, 6.07) is 1.24. The summed E-state index contributed by atoms with van der Waals surface area (Å²) >= 11 is 6.48. The van der Waals surface area contributed by atoms with E-state index in [2.05, 4.69) is 41.6 Å². The van der Waals surface area contributed by atoms with Crippen molar-refractivity contribution in [1.29, 1.82) is 0 Å². The molecule has 1 heterocycles. The zero-order valence-corrected chi connectivity index (χ0v) is 13.8. The van der Waals surface area contributed by atoms with E-state index in [9.17, 15) is 8.42 Å². The molecule has 1 N–H and O–H groups in total. The molecule has 0 saturated heterocycles. The van der Waals surface area contributed by atoms with E-state index in [1.807, 2.05) is 0 Å². The Morgan fingerprint density at radius 1 is 1.50 bits per heavy atom. The Balaban J connectivity index is 2.86. The van der Waals surface area contributed by atoms with Gasteiger partial charge >= 0.3 is 0 Å². The van der Waals surface area contributed by atoms with Gasteiger partial charge in [0, 0.05) is 35.3 Å². The summed E-state index contributed by atoms with van der Waals surface area (Å²) in [7, 11) is -2.03. The standard InChI is InChI=1S/C10H14Br2N2O3S/c1-17-7-9(2-3-11)14-18(15,16)10-4-8(12)5-13-6-10/h4-6,9,14H,2-3,7H2,1H3. The summed E-state index contributed by atoms with van der Waals surface area (Å²) < 4.78 is 32.4. The summed E-state index contributed by atoms with van der Waals surface area (Å²) in [4.78, 5) is 3.98. The van der Waals surface area contributed by atoms with Crippen molar-refractivity contribution in [2.24, 2.45) is 0 Å². The van der Waals surface area contributed by atoms with Gasteiger partial charge in [-0.1, -0.05) is 15.9 Å². The highest BCUT2D eigenvalue weighted by molar-refractivity contribution is 9.10. The fourth-order valence-corrected chi connectivity index (χ4v) is 3.65. The third kappa shape index (κ3) is 4.93. The lowest BCUT2D eigenvalue weighted by Crippen LogP contribution is -2.38. The number of ether oxygens (including phenoxy) is 1. The summed E-state index contributed by atoms with van der Waals surface area (Å²) in [6.07, 6.45) is 3.49. The minimum Gasteiger partial charge on any atom is -0.383 e. The number of hydrogen-bond acceptors (Lipinski definition) is 4. The van der Waals surface area contributed by atoms with Crippen LogP contribution in [0.2, 0.25) is 0 Å². The van der Waals surface area contributed by atoms with Crippen LogP contribution in [0, 0.1) is 0 Å². The summed E-state index contributed by atoms with van der Waals surface area (Å²) in [5.41, 5.74) is 0. The molecule has 0 aromatic carbocycles. The molecule has 102 valence electrons. The molecular formula is C10H14Br2N2O3S. The van der Waals surface area contributed by atoms with Gasteiger partial charge in [0.1, 0.15) is 4.90 Å². The molecule has 8 heteroatoms. The van der Waals surface area contributed by atoms with E-state index >= 15 is 0 Å². The fraction of sp³-hybridized carbons (Fsp3) is 0.500. The minimum atomic E-state index is -3.57. The number of aromatic nitrogens is 1. The van der Waals surface area contributed by atoms with Crippen LogP contribution in [0.15, 0.2) is 27.8 Å². The predicted molar refractivity (Wildman–Crippen MR) is 76.3 cm³/mol. The van der Waals surface area contributed by atoms with Gasteiger partial charge in [-0.05, 0) is 28.4 Å². The topological polar surface area (TPSA) is 68.3 Å². The summed E-state index contributed by atoms with van der Waals surface area (Å²) in [5.74, 6) is 0. The van der Waals surface area contributed by atoms with Crippen molar-refractivity contribution < 1.29 is 13.2 Å². The van der Waals surface area contributed by atoms with Crippen LogP contribution in [0.1, 0.15) is 6.42 Å². The van der Waals surface area contributed by atoms with Gasteiger partial charge in [-0.15, -0.1) is 0 Å². The van der Waals surface area contributed by atoms with Crippen molar-refractivity contribution in [1.82, 2.24) is 9.71 Å². The van der Waals surface area contributed by atoms with Gasteiger partial charge in [-0.25, -0.2) is 13.1 Å². The van der Waals surface area contributed by atoms with Crippen molar-refractivity contribution in [3.8, 4) is 0 Å². The molecule has 0 radical (unpaired) electrons. The monoisotopic (exact) mass is 400 g/mol. The largest absolute Gasteiger partial charge is 0.383 e. The van der Waals surface area contributed by atoms with E-state index in [4.69, 9.17) is 4.74 Å². The molecule has 18 heavy (non-hydrogen) atoms. The first-order chi connectivity index (χ1) is 8.49. The van der Waals surface area contributed by atoms with Crippen LogP contribution in [0.3, 0.4) is 0 Å². The van der Waals surface area contributed by atoms with E-state index in [0.29, 0.717) is 22.8 Å². The Hall–Kier alpha value is -0.0200. The van der Waals surface area contributed by atoms with Gasteiger partial charge in [-0.2, -0.15) is 0 Å². The molecule has 0 spiro atoms. The second-order valence-corrected chi connectivity index (χ2v) is 7.01. The molecular weight excluding hydrogens is 388 g/mol. The van der Waals surface area contributed by atoms with Gasteiger partial charge in [0.15, 0.2) is 0 Å². The number of alkyl halides is 1. The van der Waals surface area contributed by atoms with E-state index in [1.54, 1.807) is 0 Å². The highest BCUT2D eigenvalue weighted by Crippen LogP contribution is 2.15. The molecule has 1 aromatic heterocycles. The van der Waals surface area contributed by atoms with E-state index in [-0.39, 0.29) is 10.9 Å². The highest BCUT2D eigenvalue weighted by atomic mass is 79.9. The van der Waals surface area contributed by atoms with Gasteiger partial charge in [0.2, 0.25) is 10.0 Å². The summed E-state index contributed by atoms with van der Waals surface area (Å²) in [6.45, 7) is 0.326. The number of nitrogens with one attached hydrogen (secondary N) is 1. The van der Waals surface area contributed by atoms with Crippen LogP contribution in [0.4, 0.5) is 0 Å². The number of methoxy groups -OCH3 is 1. The average Bonchev–Trinajstić information content (AvgIpc) is 2.29. The smallest absolute Gasteiger partial charge is 0.242 e. The lowest BCUT2D eigenvalue weighted by molar-refractivity contribution is 0.173. The number of nitrogens with zero attached hydrogens (tertiary/aromatic N) is 1. The number of rotatable bonds is 7. The first-order valence-corrected chi connectivity index (χ1v) is 8.57. The molecule has 0 saturated carbocycles. The molecule has 0 aliphatic rings. The molecule has 0 aliphatic carbocycles. The molecule has 1 aromatic rings. The Bertz CT molecular complexity index is 476. The first kappa shape index (κ1) is 16.0. The Morgan fingerprint density at radius 2 is 2.22 bits per heavy atom. The van der Waals surface area contributed by atoms with Crippen molar-refractivity contribution in [3.63, 3.8) is 0 Å². The molecule has 0 amide bonds. The SMILES string of the molecule is COCC(CCBr)NS(=O)(=O)c1cncc(Br)c1. The highest BCUT2D eigenvalue weighted by Gasteiger charge is 2.20. The maximum Gasteiger partial charge on any atom is 0.242 e. The fourth-order valence-electron chi connectivity index (χ4n) is 1.34. The molecule has 1 atom stereocenters. The second-order valence-electron chi connectivity index (χ2n) is 3.59. The average molecular weight is 402 g/mol. The van der Waals surface area contributed by atoms with Gasteiger partial charge < -0.3 is 4.74 Å². The zero-order chi connectivity index (χ0) is 13.6. The van der Waals surface area contributed by atoms with E-state index in [1.165, 1.54) is 25.6 Å². The lowest BCUT2D eigenvalue weighted by Gasteiger charge is -2.16. The zero-order valence-electron chi connectivity index (χ0n) is 9.77. The van der Waals surface area contributed by atoms with Crippen molar-refractivity contribution in [2.75, 3.05) is 19.0 Å². The summed E-state index contributed by atoms with van der Waals surface area (Å²) in [5, 5.41) is 0.695. The van der Waals surface area contributed by atoms with E-state index < -0.39 is 10.0 Å². The quantitative estimate of drug-likeness (QED) is 0.708. The van der Waals surface area contributed by atoms with Crippen molar-refractivity contribution >= 4 is 41.9 Å². The second kappa shape index (κ2) is 7.54. The molecule has 0 aliphatic heterocycles. The predicted octanol–water partition coefficient (Wildman–Crippen LogP) is 1.92. The van der Waals surface area contributed by atoms with Crippen LogP contribution < -0.4 is 4.72 Å². The third-order valence-electron chi connectivity index (χ3n) is 2.14. The van der Waals surface area contributed by atoms with Gasteiger partial charge in [-0.3, -0.25) is 4.98 Å². The molecule has 5 nitrogen and oxygen atoms in total. The molecule has 0 fully saturated rings. The number of pyridine rings is 1. The first-order valence-electron chi connectivity index (χ1n) is 5.17. The number of hydrogen-bond donors (Lipinski definition) is 1. The Labute approximate surface area is 124 Å². The van der Waals surface area contributed by atoms with Crippen LogP contribution in [-0.4, -0.2) is 38.5 Å². The van der Waals surface area contributed by atoms with E-state index in [0.717, 1.165) is 0 Å². The third-order valence-corrected chi connectivity index (χ3v) is 4.52. The normalized spacial score (nSPS) is 13.5. The van der Waals surface area contributed by atoms with Crippen LogP contribution >= 0.6 is 31.9 Å². The van der Waals surface area contributed by atoms with Crippen LogP contribution in [0.5, 0.6) is 0 Å².